The van der Waals surface area contributed by atoms with Crippen molar-refractivity contribution in [1.29, 1.82) is 0 Å². The molecule has 26 heavy (non-hydrogen) atoms. The van der Waals surface area contributed by atoms with Crippen molar-refractivity contribution in [2.75, 3.05) is 32.8 Å². The summed E-state index contributed by atoms with van der Waals surface area (Å²) in [5, 5.41) is 3.40. The van der Waals surface area contributed by atoms with Crippen LogP contribution in [0, 0.1) is 5.41 Å². The Kier molecular flexibility index (Phi) is 3.75. The Morgan fingerprint density at radius 3 is 2.19 bits per heavy atom. The second-order valence-corrected chi connectivity index (χ2v) is 7.91. The SMILES string of the molecule is O=C(OCC1c2ccccc2-c2ccccc21)N1CC2(CCNCC2)C1. The average molecular weight is 348 g/mol. The first-order valence-electron chi connectivity index (χ1n) is 9.56. The molecule has 4 heteroatoms. The van der Waals surface area contributed by atoms with Crippen molar-refractivity contribution in [3.05, 3.63) is 59.7 Å². The summed E-state index contributed by atoms with van der Waals surface area (Å²) in [6.45, 7) is 4.26. The lowest BCUT2D eigenvalue weighted by Gasteiger charge is -2.51. The van der Waals surface area contributed by atoms with Gasteiger partial charge in [-0.3, -0.25) is 0 Å². The van der Waals surface area contributed by atoms with E-state index in [1.807, 2.05) is 4.90 Å². The van der Waals surface area contributed by atoms with E-state index in [-0.39, 0.29) is 12.0 Å². The summed E-state index contributed by atoms with van der Waals surface area (Å²) in [7, 11) is 0. The average Bonchev–Trinajstić information content (AvgIpc) is 2.99. The molecular formula is C22H24N2O2. The third kappa shape index (κ3) is 2.52. The van der Waals surface area contributed by atoms with Gasteiger partial charge in [-0.05, 0) is 48.2 Å². The van der Waals surface area contributed by atoms with E-state index >= 15 is 0 Å². The highest BCUT2D eigenvalue weighted by atomic mass is 16.6. The van der Waals surface area contributed by atoms with Gasteiger partial charge in [0.1, 0.15) is 6.61 Å². The highest BCUT2D eigenvalue weighted by Gasteiger charge is 2.46. The molecule has 2 aliphatic heterocycles. The van der Waals surface area contributed by atoms with Gasteiger partial charge in [0.25, 0.3) is 0 Å². The molecule has 2 aromatic carbocycles. The third-order valence-corrected chi connectivity index (χ3v) is 6.31. The van der Waals surface area contributed by atoms with Gasteiger partial charge in [-0.25, -0.2) is 4.79 Å². The number of piperidine rings is 1. The Hall–Kier alpha value is -2.33. The van der Waals surface area contributed by atoms with Gasteiger partial charge >= 0.3 is 6.09 Å². The summed E-state index contributed by atoms with van der Waals surface area (Å²) in [6, 6.07) is 16.9. The first kappa shape index (κ1) is 15.9. The molecule has 2 aromatic rings. The van der Waals surface area contributed by atoms with Crippen LogP contribution in [-0.2, 0) is 4.74 Å². The second-order valence-electron chi connectivity index (χ2n) is 7.91. The van der Waals surface area contributed by atoms with Crippen LogP contribution in [0.25, 0.3) is 11.1 Å². The van der Waals surface area contributed by atoms with Crippen LogP contribution in [0.3, 0.4) is 0 Å². The minimum absolute atomic E-state index is 0.139. The molecule has 3 aliphatic rings. The van der Waals surface area contributed by atoms with E-state index in [4.69, 9.17) is 4.74 Å². The number of fused-ring (bicyclic) bond motifs is 3. The largest absolute Gasteiger partial charge is 0.448 e. The summed E-state index contributed by atoms with van der Waals surface area (Å²) >= 11 is 0. The minimum Gasteiger partial charge on any atom is -0.448 e. The predicted octanol–water partition coefficient (Wildman–Crippen LogP) is 3.62. The lowest BCUT2D eigenvalue weighted by atomic mass is 9.73. The van der Waals surface area contributed by atoms with E-state index in [0.717, 1.165) is 26.2 Å². The summed E-state index contributed by atoms with van der Waals surface area (Å²) < 4.78 is 5.75. The van der Waals surface area contributed by atoms with E-state index in [0.29, 0.717) is 12.0 Å². The smallest absolute Gasteiger partial charge is 0.409 e. The first-order chi connectivity index (χ1) is 12.8. The standard InChI is InChI=1S/C22H24N2O2/c25-21(24-14-22(15-24)9-11-23-12-10-22)26-13-20-18-7-3-1-5-16(18)17-6-2-4-8-19(17)20/h1-8,20,23H,9-15H2. The fourth-order valence-corrected chi connectivity index (χ4v) is 4.85. The van der Waals surface area contributed by atoms with Crippen LogP contribution in [0.5, 0.6) is 0 Å². The van der Waals surface area contributed by atoms with Crippen LogP contribution in [0.2, 0.25) is 0 Å². The fraction of sp³-hybridized carbons (Fsp3) is 0.409. The predicted molar refractivity (Wildman–Crippen MR) is 101 cm³/mol. The minimum atomic E-state index is -0.156. The van der Waals surface area contributed by atoms with E-state index in [1.165, 1.54) is 35.1 Å². The Bertz CT molecular complexity index is 788. The summed E-state index contributed by atoms with van der Waals surface area (Å²) in [5.41, 5.74) is 5.40. The van der Waals surface area contributed by atoms with Crippen molar-refractivity contribution >= 4 is 6.09 Å². The van der Waals surface area contributed by atoms with Crippen molar-refractivity contribution in [3.8, 4) is 11.1 Å². The first-order valence-corrected chi connectivity index (χ1v) is 9.56. The molecule has 0 saturated carbocycles. The van der Waals surface area contributed by atoms with Gasteiger partial charge in [0.15, 0.2) is 0 Å². The van der Waals surface area contributed by atoms with Gasteiger partial charge < -0.3 is 15.0 Å². The molecule has 0 radical (unpaired) electrons. The van der Waals surface area contributed by atoms with Crippen molar-refractivity contribution in [1.82, 2.24) is 10.2 Å². The number of nitrogens with one attached hydrogen (secondary N) is 1. The molecule has 1 aliphatic carbocycles. The van der Waals surface area contributed by atoms with Gasteiger partial charge in [-0.2, -0.15) is 0 Å². The van der Waals surface area contributed by atoms with Crippen molar-refractivity contribution in [3.63, 3.8) is 0 Å². The summed E-state index contributed by atoms with van der Waals surface area (Å²) in [4.78, 5) is 14.4. The number of carbonyl (C=O) groups is 1. The molecule has 0 bridgehead atoms. The highest BCUT2D eigenvalue weighted by molar-refractivity contribution is 5.79. The molecule has 1 N–H and O–H groups in total. The number of nitrogens with zero attached hydrogens (tertiary/aromatic N) is 1. The maximum absolute atomic E-state index is 12.5. The van der Waals surface area contributed by atoms with Gasteiger partial charge in [0.2, 0.25) is 0 Å². The number of carbonyl (C=O) groups excluding carboxylic acids is 1. The monoisotopic (exact) mass is 348 g/mol. The highest BCUT2D eigenvalue weighted by Crippen LogP contribution is 2.45. The molecule has 0 unspecified atom stereocenters. The lowest BCUT2D eigenvalue weighted by molar-refractivity contribution is -0.0218. The fourth-order valence-electron chi connectivity index (χ4n) is 4.85. The Morgan fingerprint density at radius 1 is 1.00 bits per heavy atom. The van der Waals surface area contributed by atoms with Crippen LogP contribution in [-0.4, -0.2) is 43.8 Å². The van der Waals surface area contributed by atoms with Crippen molar-refractivity contribution in [2.24, 2.45) is 5.41 Å². The van der Waals surface area contributed by atoms with Gasteiger partial charge in [0, 0.05) is 24.4 Å². The zero-order chi connectivity index (χ0) is 17.6. The van der Waals surface area contributed by atoms with Crippen LogP contribution >= 0.6 is 0 Å². The Labute approximate surface area is 154 Å². The third-order valence-electron chi connectivity index (χ3n) is 6.31. The molecule has 1 spiro atoms. The molecule has 5 rings (SSSR count). The van der Waals surface area contributed by atoms with E-state index in [1.54, 1.807) is 0 Å². The molecular weight excluding hydrogens is 324 g/mol. The lowest BCUT2D eigenvalue weighted by Crippen LogP contribution is -2.61. The van der Waals surface area contributed by atoms with Crippen LogP contribution in [0.15, 0.2) is 48.5 Å². The molecule has 0 aromatic heterocycles. The molecule has 2 heterocycles. The number of ether oxygens (including phenoxy) is 1. The Morgan fingerprint density at radius 2 is 1.58 bits per heavy atom. The molecule has 134 valence electrons. The Balaban J connectivity index is 1.27. The number of benzene rings is 2. The maximum atomic E-state index is 12.5. The maximum Gasteiger partial charge on any atom is 0.409 e. The van der Waals surface area contributed by atoms with Gasteiger partial charge in [-0.15, -0.1) is 0 Å². The number of hydrogen-bond donors (Lipinski definition) is 1. The zero-order valence-corrected chi connectivity index (χ0v) is 14.9. The molecule has 0 atom stereocenters. The number of amides is 1. The van der Waals surface area contributed by atoms with Crippen LogP contribution in [0.4, 0.5) is 4.79 Å². The summed E-state index contributed by atoms with van der Waals surface area (Å²) in [5.74, 6) is 0.139. The quantitative estimate of drug-likeness (QED) is 0.901. The molecule has 2 fully saturated rings. The molecule has 2 saturated heterocycles. The van der Waals surface area contributed by atoms with Gasteiger partial charge in [0.05, 0.1) is 0 Å². The van der Waals surface area contributed by atoms with Crippen molar-refractivity contribution in [2.45, 2.75) is 18.8 Å². The topological polar surface area (TPSA) is 41.6 Å². The molecule has 1 amide bonds. The van der Waals surface area contributed by atoms with E-state index in [9.17, 15) is 4.79 Å². The number of likely N-dealkylation sites (tertiary alicyclic amines) is 1. The van der Waals surface area contributed by atoms with E-state index in [2.05, 4.69) is 53.8 Å². The number of hydrogen-bond acceptors (Lipinski definition) is 3. The van der Waals surface area contributed by atoms with E-state index < -0.39 is 0 Å². The number of rotatable bonds is 2. The van der Waals surface area contributed by atoms with Gasteiger partial charge in [-0.1, -0.05) is 48.5 Å². The summed E-state index contributed by atoms with van der Waals surface area (Å²) in [6.07, 6.45) is 2.18. The van der Waals surface area contributed by atoms with Crippen molar-refractivity contribution < 1.29 is 9.53 Å². The zero-order valence-electron chi connectivity index (χ0n) is 14.9. The van der Waals surface area contributed by atoms with Crippen LogP contribution in [0.1, 0.15) is 29.9 Å². The van der Waals surface area contributed by atoms with Crippen LogP contribution < -0.4 is 5.32 Å². The molecule has 4 nitrogen and oxygen atoms in total. The second kappa shape index (κ2) is 6.13. The normalized spacial score (nSPS) is 20.4.